The van der Waals surface area contributed by atoms with E-state index in [1.165, 1.54) is 33.5 Å². The molecular weight excluding hydrogens is 376 g/mol. The predicted molar refractivity (Wildman–Crippen MR) is 103 cm³/mol. The molecule has 130 valence electrons. The molecule has 0 spiro atoms. The number of hydrogen-bond acceptors (Lipinski definition) is 7. The second-order valence-corrected chi connectivity index (χ2v) is 9.02. The molecule has 3 heterocycles. The Kier molecular flexibility index (Phi) is 4.61. The van der Waals surface area contributed by atoms with E-state index >= 15 is 0 Å². The molecule has 0 fully saturated rings. The van der Waals surface area contributed by atoms with Gasteiger partial charge < -0.3 is 10.3 Å². The Morgan fingerprint density at radius 3 is 3.20 bits per heavy atom. The Hall–Kier alpha value is -1.71. The third kappa shape index (κ3) is 3.49. The summed E-state index contributed by atoms with van der Waals surface area (Å²) >= 11 is 4.22. The van der Waals surface area contributed by atoms with Crippen LogP contribution in [0, 0.1) is 5.92 Å². The Bertz CT molecular complexity index is 977. The third-order valence-electron chi connectivity index (χ3n) is 4.16. The lowest BCUT2D eigenvalue weighted by Gasteiger charge is -2.17. The van der Waals surface area contributed by atoms with Gasteiger partial charge in [-0.25, -0.2) is 9.97 Å². The van der Waals surface area contributed by atoms with E-state index in [1.54, 1.807) is 22.9 Å². The molecule has 6 nitrogen and oxygen atoms in total. The van der Waals surface area contributed by atoms with Crippen molar-refractivity contribution in [3.63, 3.8) is 0 Å². The van der Waals surface area contributed by atoms with Crippen molar-refractivity contribution in [1.29, 1.82) is 0 Å². The fraction of sp³-hybridized carbons (Fsp3) is 0.375. The first-order chi connectivity index (χ1) is 12.1. The van der Waals surface area contributed by atoms with Crippen molar-refractivity contribution in [2.75, 3.05) is 11.1 Å². The molecule has 3 aromatic heterocycles. The highest BCUT2D eigenvalue weighted by atomic mass is 32.2. The smallest absolute Gasteiger partial charge is 0.260 e. The number of nitrogens with one attached hydrogen (secondary N) is 2. The Labute approximate surface area is 156 Å². The van der Waals surface area contributed by atoms with Crippen LogP contribution < -0.4 is 10.9 Å². The molecule has 25 heavy (non-hydrogen) atoms. The van der Waals surface area contributed by atoms with E-state index in [9.17, 15) is 9.59 Å². The summed E-state index contributed by atoms with van der Waals surface area (Å²) in [6.45, 7) is 2.24. The number of aromatic nitrogens is 3. The van der Waals surface area contributed by atoms with Crippen molar-refractivity contribution >= 4 is 55.7 Å². The number of carbonyl (C=O) groups excluding carboxylic acids is 1. The summed E-state index contributed by atoms with van der Waals surface area (Å²) in [6.07, 6.45) is 4.73. The van der Waals surface area contributed by atoms with Gasteiger partial charge in [0.1, 0.15) is 4.83 Å². The molecule has 3 aromatic rings. The van der Waals surface area contributed by atoms with Crippen molar-refractivity contribution < 1.29 is 4.79 Å². The molecule has 0 bridgehead atoms. The van der Waals surface area contributed by atoms with Crippen LogP contribution in [-0.2, 0) is 17.6 Å². The summed E-state index contributed by atoms with van der Waals surface area (Å²) in [5, 5.41) is 6.32. The monoisotopic (exact) mass is 392 g/mol. The van der Waals surface area contributed by atoms with Crippen LogP contribution in [-0.4, -0.2) is 26.6 Å². The van der Waals surface area contributed by atoms with Gasteiger partial charge in [0.05, 0.1) is 11.1 Å². The van der Waals surface area contributed by atoms with Gasteiger partial charge in [-0.2, -0.15) is 0 Å². The molecular formula is C16H16N4O2S3. The van der Waals surface area contributed by atoms with Gasteiger partial charge in [0, 0.05) is 16.5 Å². The second kappa shape index (κ2) is 6.89. The molecule has 0 aliphatic heterocycles. The van der Waals surface area contributed by atoms with E-state index < -0.39 is 0 Å². The number of thiophene rings is 1. The molecule has 4 rings (SSSR count). The van der Waals surface area contributed by atoms with Crippen LogP contribution in [0.15, 0.2) is 21.5 Å². The third-order valence-corrected chi connectivity index (χ3v) is 6.87. The lowest BCUT2D eigenvalue weighted by molar-refractivity contribution is -0.113. The number of aromatic amines is 1. The van der Waals surface area contributed by atoms with Gasteiger partial charge in [-0.15, -0.1) is 22.7 Å². The van der Waals surface area contributed by atoms with Crippen LogP contribution in [0.25, 0.3) is 10.2 Å². The van der Waals surface area contributed by atoms with E-state index in [0.29, 0.717) is 16.2 Å². The van der Waals surface area contributed by atoms with E-state index in [4.69, 9.17) is 0 Å². The molecule has 1 aliphatic carbocycles. The summed E-state index contributed by atoms with van der Waals surface area (Å²) in [4.78, 5) is 37.9. The number of fused-ring (bicyclic) bond motifs is 3. The summed E-state index contributed by atoms with van der Waals surface area (Å²) in [6, 6.07) is 0. The standard InChI is InChI=1S/C16H16N4O2S3/c1-8-2-3-9-10(6-8)25-14-12(9)13(22)19-16(20-14)24-7-11(21)18-15-17-4-5-23-15/h4-5,8H,2-3,6-7H2,1H3,(H,17,18,21)(H,19,20,22). The summed E-state index contributed by atoms with van der Waals surface area (Å²) in [7, 11) is 0. The number of rotatable bonds is 4. The molecule has 1 unspecified atom stereocenters. The van der Waals surface area contributed by atoms with Crippen molar-refractivity contribution in [3.8, 4) is 0 Å². The molecule has 1 atom stereocenters. The first kappa shape index (κ1) is 16.7. The zero-order valence-corrected chi connectivity index (χ0v) is 15.9. The van der Waals surface area contributed by atoms with Gasteiger partial charge in [-0.05, 0) is 30.7 Å². The topological polar surface area (TPSA) is 87.7 Å². The number of aryl methyl sites for hydroxylation is 1. The van der Waals surface area contributed by atoms with E-state index in [0.717, 1.165) is 29.5 Å². The normalized spacial score (nSPS) is 16.8. The number of carbonyl (C=O) groups is 1. The first-order valence-corrected chi connectivity index (χ1v) is 10.6. The summed E-state index contributed by atoms with van der Waals surface area (Å²) < 4.78 is 0. The van der Waals surface area contributed by atoms with Crippen molar-refractivity contribution in [2.24, 2.45) is 5.92 Å². The number of amides is 1. The molecule has 2 N–H and O–H groups in total. The minimum Gasteiger partial charge on any atom is -0.301 e. The highest BCUT2D eigenvalue weighted by Gasteiger charge is 2.23. The molecule has 0 radical (unpaired) electrons. The highest BCUT2D eigenvalue weighted by Crippen LogP contribution is 2.36. The first-order valence-electron chi connectivity index (χ1n) is 7.97. The van der Waals surface area contributed by atoms with Gasteiger partial charge in [0.2, 0.25) is 5.91 Å². The fourth-order valence-corrected chi connectivity index (χ4v) is 5.62. The Balaban J connectivity index is 1.53. The molecule has 9 heteroatoms. The SMILES string of the molecule is CC1CCc2c(sc3nc(SCC(=O)Nc4nccs4)[nH]c(=O)c23)C1. The largest absolute Gasteiger partial charge is 0.301 e. The van der Waals surface area contributed by atoms with Crippen molar-refractivity contribution in [2.45, 2.75) is 31.3 Å². The van der Waals surface area contributed by atoms with Crippen LogP contribution in [0.5, 0.6) is 0 Å². The van der Waals surface area contributed by atoms with Gasteiger partial charge in [0.25, 0.3) is 5.56 Å². The number of anilines is 1. The Morgan fingerprint density at radius 2 is 2.40 bits per heavy atom. The van der Waals surface area contributed by atoms with E-state index in [-0.39, 0.29) is 17.2 Å². The van der Waals surface area contributed by atoms with E-state index in [1.807, 2.05) is 0 Å². The maximum absolute atomic E-state index is 12.5. The Morgan fingerprint density at radius 1 is 1.52 bits per heavy atom. The lowest BCUT2D eigenvalue weighted by Crippen LogP contribution is -2.16. The van der Waals surface area contributed by atoms with Crippen molar-refractivity contribution in [3.05, 3.63) is 32.4 Å². The van der Waals surface area contributed by atoms with Gasteiger partial charge in [0.15, 0.2) is 10.3 Å². The molecule has 1 aliphatic rings. The molecule has 0 saturated heterocycles. The maximum Gasteiger partial charge on any atom is 0.260 e. The number of H-pyrrole nitrogens is 1. The number of thioether (sulfide) groups is 1. The average Bonchev–Trinajstić information content (AvgIpc) is 3.19. The minimum atomic E-state index is -0.165. The van der Waals surface area contributed by atoms with Crippen LogP contribution in [0.4, 0.5) is 5.13 Å². The summed E-state index contributed by atoms with van der Waals surface area (Å²) in [5.41, 5.74) is 1.07. The molecule has 0 saturated carbocycles. The minimum absolute atomic E-state index is 0.0973. The predicted octanol–water partition coefficient (Wildman–Crippen LogP) is 3.30. The van der Waals surface area contributed by atoms with Gasteiger partial charge in [-0.3, -0.25) is 9.59 Å². The quantitative estimate of drug-likeness (QED) is 0.525. The summed E-state index contributed by atoms with van der Waals surface area (Å²) in [5.74, 6) is 0.668. The number of nitrogens with zero attached hydrogens (tertiary/aromatic N) is 2. The zero-order valence-electron chi connectivity index (χ0n) is 13.5. The average molecular weight is 393 g/mol. The van der Waals surface area contributed by atoms with Gasteiger partial charge >= 0.3 is 0 Å². The fourth-order valence-electron chi connectivity index (χ4n) is 2.97. The van der Waals surface area contributed by atoms with Crippen LogP contribution in [0.2, 0.25) is 0 Å². The molecule has 0 aromatic carbocycles. The van der Waals surface area contributed by atoms with Crippen LogP contribution in [0.3, 0.4) is 0 Å². The number of hydrogen-bond donors (Lipinski definition) is 2. The number of thiazole rings is 1. The van der Waals surface area contributed by atoms with Crippen LogP contribution >= 0.6 is 34.4 Å². The van der Waals surface area contributed by atoms with Crippen molar-refractivity contribution in [1.82, 2.24) is 15.0 Å². The molecule has 1 amide bonds. The van der Waals surface area contributed by atoms with Crippen LogP contribution in [0.1, 0.15) is 23.8 Å². The zero-order chi connectivity index (χ0) is 17.4. The maximum atomic E-state index is 12.5. The van der Waals surface area contributed by atoms with Gasteiger partial charge in [-0.1, -0.05) is 18.7 Å². The van der Waals surface area contributed by atoms with E-state index in [2.05, 4.69) is 27.2 Å². The lowest BCUT2D eigenvalue weighted by atomic mass is 9.89. The highest BCUT2D eigenvalue weighted by molar-refractivity contribution is 7.99. The second-order valence-electron chi connectivity index (χ2n) is 6.08.